The highest BCUT2D eigenvalue weighted by molar-refractivity contribution is 7.89. The number of piperidine rings is 1. The van der Waals surface area contributed by atoms with Crippen molar-refractivity contribution in [1.29, 1.82) is 0 Å². The van der Waals surface area contributed by atoms with Gasteiger partial charge in [0.2, 0.25) is 15.9 Å². The SMILES string of the molecule is COc1ccc([C@@H](C)NC(=O)[C@H]2CCCN(S(=O)(=O)c3ccc4ccccc4c3)C2)cc1. The molecule has 1 aliphatic rings. The standard InChI is InChI=1S/C25H28N2O4S/c1-18(19-9-12-23(31-2)13-10-19)26-25(28)22-8-5-15-27(17-22)32(29,30)24-14-11-20-6-3-4-7-21(20)16-24/h3-4,6-7,9-14,16,18,22H,5,8,15,17H2,1-2H3,(H,26,28)/t18-,22+/m1/s1. The Labute approximate surface area is 189 Å². The van der Waals surface area contributed by atoms with Crippen LogP contribution < -0.4 is 10.1 Å². The molecule has 3 aromatic carbocycles. The predicted octanol–water partition coefficient (Wildman–Crippen LogP) is 4.13. The summed E-state index contributed by atoms with van der Waals surface area (Å²) in [4.78, 5) is 13.2. The van der Waals surface area contributed by atoms with Gasteiger partial charge in [-0.25, -0.2) is 8.42 Å². The number of hydrogen-bond acceptors (Lipinski definition) is 4. The minimum absolute atomic E-state index is 0.119. The molecule has 0 bridgehead atoms. The Morgan fingerprint density at radius 1 is 1.06 bits per heavy atom. The Balaban J connectivity index is 1.46. The summed E-state index contributed by atoms with van der Waals surface area (Å²) in [6.45, 7) is 2.54. The average Bonchev–Trinajstić information content (AvgIpc) is 2.83. The minimum Gasteiger partial charge on any atom is -0.497 e. The Bertz CT molecular complexity index is 1210. The summed E-state index contributed by atoms with van der Waals surface area (Å²) in [5, 5.41) is 4.92. The van der Waals surface area contributed by atoms with Crippen LogP contribution >= 0.6 is 0 Å². The zero-order valence-corrected chi connectivity index (χ0v) is 19.1. The first-order valence-electron chi connectivity index (χ1n) is 10.8. The second-order valence-electron chi connectivity index (χ2n) is 8.21. The number of methoxy groups -OCH3 is 1. The van der Waals surface area contributed by atoms with Gasteiger partial charge in [0.05, 0.1) is 24.0 Å². The van der Waals surface area contributed by atoms with Crippen LogP contribution in [-0.4, -0.2) is 38.8 Å². The molecular formula is C25H28N2O4S. The van der Waals surface area contributed by atoms with Crippen molar-refractivity contribution in [3.8, 4) is 5.75 Å². The van der Waals surface area contributed by atoms with E-state index in [-0.39, 0.29) is 29.3 Å². The zero-order valence-electron chi connectivity index (χ0n) is 18.3. The molecule has 1 saturated heterocycles. The van der Waals surface area contributed by atoms with Crippen LogP contribution in [0.3, 0.4) is 0 Å². The second kappa shape index (κ2) is 9.30. The topological polar surface area (TPSA) is 75.7 Å². The van der Waals surface area contributed by atoms with Gasteiger partial charge >= 0.3 is 0 Å². The van der Waals surface area contributed by atoms with E-state index in [0.29, 0.717) is 19.4 Å². The third kappa shape index (κ3) is 4.64. The molecule has 1 N–H and O–H groups in total. The van der Waals surface area contributed by atoms with Crippen LogP contribution in [0, 0.1) is 5.92 Å². The lowest BCUT2D eigenvalue weighted by molar-refractivity contribution is -0.126. The Morgan fingerprint density at radius 2 is 1.78 bits per heavy atom. The highest BCUT2D eigenvalue weighted by Gasteiger charge is 2.33. The molecule has 32 heavy (non-hydrogen) atoms. The maximum Gasteiger partial charge on any atom is 0.243 e. The fourth-order valence-electron chi connectivity index (χ4n) is 4.16. The number of amides is 1. The molecule has 0 aromatic heterocycles. The van der Waals surface area contributed by atoms with E-state index in [2.05, 4.69) is 5.32 Å². The van der Waals surface area contributed by atoms with Crippen molar-refractivity contribution < 1.29 is 17.9 Å². The molecule has 3 aromatic rings. The fraction of sp³-hybridized carbons (Fsp3) is 0.320. The predicted molar refractivity (Wildman–Crippen MR) is 125 cm³/mol. The number of ether oxygens (including phenoxy) is 1. The number of fused-ring (bicyclic) bond motifs is 1. The molecule has 1 aliphatic heterocycles. The van der Waals surface area contributed by atoms with Crippen molar-refractivity contribution in [3.05, 3.63) is 72.3 Å². The number of rotatable bonds is 6. The smallest absolute Gasteiger partial charge is 0.243 e. The molecule has 1 amide bonds. The summed E-state index contributed by atoms with van der Waals surface area (Å²) in [6.07, 6.45) is 1.33. The second-order valence-corrected chi connectivity index (χ2v) is 10.2. The number of carbonyl (C=O) groups excluding carboxylic acids is 1. The van der Waals surface area contributed by atoms with Crippen molar-refractivity contribution in [1.82, 2.24) is 9.62 Å². The lowest BCUT2D eigenvalue weighted by Gasteiger charge is -2.32. The van der Waals surface area contributed by atoms with Crippen LogP contribution in [0.25, 0.3) is 10.8 Å². The van der Waals surface area contributed by atoms with Gasteiger partial charge in [-0.15, -0.1) is 0 Å². The highest BCUT2D eigenvalue weighted by Crippen LogP contribution is 2.27. The zero-order chi connectivity index (χ0) is 22.7. The summed E-state index contributed by atoms with van der Waals surface area (Å²) in [5.74, 6) is 0.264. The van der Waals surface area contributed by atoms with Crippen LogP contribution in [0.5, 0.6) is 5.75 Å². The molecule has 4 rings (SSSR count). The van der Waals surface area contributed by atoms with Crippen molar-refractivity contribution in [2.45, 2.75) is 30.7 Å². The molecule has 1 fully saturated rings. The van der Waals surface area contributed by atoms with Crippen molar-refractivity contribution >= 4 is 26.7 Å². The number of hydrogen-bond donors (Lipinski definition) is 1. The van der Waals surface area contributed by atoms with E-state index >= 15 is 0 Å². The first-order valence-corrected chi connectivity index (χ1v) is 12.3. The lowest BCUT2D eigenvalue weighted by Crippen LogP contribution is -2.45. The average molecular weight is 453 g/mol. The quantitative estimate of drug-likeness (QED) is 0.610. The van der Waals surface area contributed by atoms with Crippen LogP contribution in [-0.2, 0) is 14.8 Å². The van der Waals surface area contributed by atoms with Gasteiger partial charge in [0, 0.05) is 13.1 Å². The van der Waals surface area contributed by atoms with Crippen molar-refractivity contribution in [2.75, 3.05) is 20.2 Å². The molecule has 0 unspecified atom stereocenters. The molecule has 0 aliphatic carbocycles. The van der Waals surface area contributed by atoms with Gasteiger partial charge in [-0.3, -0.25) is 4.79 Å². The van der Waals surface area contributed by atoms with E-state index in [1.165, 1.54) is 4.31 Å². The summed E-state index contributed by atoms with van der Waals surface area (Å²) < 4.78 is 33.2. The number of nitrogens with zero attached hydrogens (tertiary/aromatic N) is 1. The van der Waals surface area contributed by atoms with E-state index in [4.69, 9.17) is 4.74 Å². The summed E-state index contributed by atoms with van der Waals surface area (Å²) in [5.41, 5.74) is 0.968. The number of carbonyl (C=O) groups is 1. The number of sulfonamides is 1. The first-order chi connectivity index (χ1) is 15.4. The molecule has 0 spiro atoms. The number of benzene rings is 3. The van der Waals surface area contributed by atoms with Crippen LogP contribution in [0.1, 0.15) is 31.4 Å². The monoisotopic (exact) mass is 452 g/mol. The van der Waals surface area contributed by atoms with Gasteiger partial charge in [-0.1, -0.05) is 42.5 Å². The molecular weight excluding hydrogens is 424 g/mol. The molecule has 2 atom stereocenters. The van der Waals surface area contributed by atoms with Crippen molar-refractivity contribution in [2.24, 2.45) is 5.92 Å². The lowest BCUT2D eigenvalue weighted by atomic mass is 9.98. The summed E-state index contributed by atoms with van der Waals surface area (Å²) in [7, 11) is -2.06. The molecule has 0 saturated carbocycles. The first kappa shape index (κ1) is 22.3. The van der Waals surface area contributed by atoms with Crippen LogP contribution in [0.15, 0.2) is 71.6 Å². The normalized spacial score (nSPS) is 18.2. The molecule has 7 heteroatoms. The maximum atomic E-state index is 13.3. The molecule has 168 valence electrons. The molecule has 0 radical (unpaired) electrons. The molecule has 1 heterocycles. The summed E-state index contributed by atoms with van der Waals surface area (Å²) >= 11 is 0. The van der Waals surface area contributed by atoms with E-state index in [1.807, 2.05) is 61.5 Å². The van der Waals surface area contributed by atoms with Gasteiger partial charge in [-0.2, -0.15) is 4.31 Å². The van der Waals surface area contributed by atoms with Crippen molar-refractivity contribution in [3.63, 3.8) is 0 Å². The van der Waals surface area contributed by atoms with Gasteiger partial charge in [0.15, 0.2) is 0 Å². The van der Waals surface area contributed by atoms with Crippen LogP contribution in [0.2, 0.25) is 0 Å². The van der Waals surface area contributed by atoms with E-state index in [1.54, 1.807) is 19.2 Å². The van der Waals surface area contributed by atoms with Gasteiger partial charge in [0.25, 0.3) is 0 Å². The highest BCUT2D eigenvalue weighted by atomic mass is 32.2. The van der Waals surface area contributed by atoms with Gasteiger partial charge in [0.1, 0.15) is 5.75 Å². The van der Waals surface area contributed by atoms with Gasteiger partial charge < -0.3 is 10.1 Å². The van der Waals surface area contributed by atoms with Crippen LogP contribution in [0.4, 0.5) is 0 Å². The Morgan fingerprint density at radius 3 is 2.50 bits per heavy atom. The fourth-order valence-corrected chi connectivity index (χ4v) is 5.72. The third-order valence-corrected chi connectivity index (χ3v) is 7.95. The van der Waals surface area contributed by atoms with E-state index in [0.717, 1.165) is 22.1 Å². The maximum absolute atomic E-state index is 13.3. The molecule has 6 nitrogen and oxygen atoms in total. The third-order valence-electron chi connectivity index (χ3n) is 6.09. The largest absolute Gasteiger partial charge is 0.497 e. The van der Waals surface area contributed by atoms with E-state index in [9.17, 15) is 13.2 Å². The Hall–Kier alpha value is -2.90. The Kier molecular flexibility index (Phi) is 6.48. The summed E-state index contributed by atoms with van der Waals surface area (Å²) in [6, 6.07) is 20.2. The van der Waals surface area contributed by atoms with Gasteiger partial charge in [-0.05, 0) is 60.4 Å². The van der Waals surface area contributed by atoms with E-state index < -0.39 is 10.0 Å². The number of nitrogens with one attached hydrogen (secondary N) is 1. The minimum atomic E-state index is -3.67.